The van der Waals surface area contributed by atoms with Crippen molar-refractivity contribution in [3.8, 4) is 0 Å². The predicted octanol–water partition coefficient (Wildman–Crippen LogP) is 3.86. The van der Waals surface area contributed by atoms with Crippen molar-refractivity contribution in [2.24, 2.45) is 0 Å². The lowest BCUT2D eigenvalue weighted by Crippen LogP contribution is -2.32. The lowest BCUT2D eigenvalue weighted by molar-refractivity contribution is -0.118. The zero-order valence-corrected chi connectivity index (χ0v) is 15.7. The van der Waals surface area contributed by atoms with Crippen LogP contribution in [0.15, 0.2) is 52.3 Å². The number of carbonyl (C=O) groups is 1. The number of halogens is 2. The summed E-state index contributed by atoms with van der Waals surface area (Å²) in [6.07, 6.45) is 0.375. The number of nitrogens with zero attached hydrogens (tertiary/aromatic N) is 2. The van der Waals surface area contributed by atoms with Crippen LogP contribution in [-0.4, -0.2) is 35.7 Å². The first kappa shape index (κ1) is 18.9. The van der Waals surface area contributed by atoms with E-state index < -0.39 is 10.8 Å². The molecular weight excluding hydrogens is 367 g/mol. The molecule has 0 bridgehead atoms. The van der Waals surface area contributed by atoms with Crippen molar-refractivity contribution in [1.82, 2.24) is 4.90 Å². The number of benzene rings is 2. The van der Waals surface area contributed by atoms with Gasteiger partial charge >= 0.3 is 0 Å². The molecule has 0 aromatic heterocycles. The Hall–Kier alpha value is -1.40. The highest BCUT2D eigenvalue weighted by Crippen LogP contribution is 2.43. The molecule has 1 aliphatic rings. The van der Waals surface area contributed by atoms with Crippen molar-refractivity contribution in [1.29, 1.82) is 0 Å². The van der Waals surface area contributed by atoms with Crippen molar-refractivity contribution in [3.63, 3.8) is 0 Å². The van der Waals surface area contributed by atoms with Gasteiger partial charge in [0.2, 0.25) is 5.91 Å². The average Bonchev–Trinajstić information content (AvgIpc) is 2.53. The number of hydrogen-bond acceptors (Lipinski definition) is 3. The Morgan fingerprint density at radius 3 is 2.50 bits per heavy atom. The normalized spacial score (nSPS) is 15.5. The number of hydrogen-bond donors (Lipinski definition) is 0. The fraction of sp³-hybridized carbons (Fsp3) is 0.235. The first-order valence-electron chi connectivity index (χ1n) is 7.27. The molecule has 1 amide bonds. The maximum atomic E-state index is 12.8. The third kappa shape index (κ3) is 3.49. The van der Waals surface area contributed by atoms with Gasteiger partial charge in [-0.3, -0.25) is 9.69 Å². The number of para-hydroxylation sites is 1. The number of anilines is 2. The Bertz CT molecular complexity index is 796. The van der Waals surface area contributed by atoms with Crippen LogP contribution in [-0.2, 0) is 15.6 Å². The summed E-state index contributed by atoms with van der Waals surface area (Å²) in [5, 5.41) is 0.519. The van der Waals surface area contributed by atoms with Crippen molar-refractivity contribution in [2.75, 3.05) is 25.5 Å². The number of amides is 1. The molecule has 7 heteroatoms. The minimum Gasteiger partial charge on any atom is -0.309 e. The molecule has 0 spiro atoms. The van der Waals surface area contributed by atoms with E-state index in [1.807, 2.05) is 37.2 Å². The highest BCUT2D eigenvalue weighted by Gasteiger charge is 2.31. The SMILES string of the molecule is CN(C)CCC(=O)N1c2ccccc2S(=O)c2ccc(Cl)cc21.Cl. The number of fused-ring (bicyclic) bond motifs is 2. The van der Waals surface area contributed by atoms with Crippen LogP contribution >= 0.6 is 24.0 Å². The smallest absolute Gasteiger partial charge is 0.232 e. The third-order valence-electron chi connectivity index (χ3n) is 3.69. The molecule has 4 nitrogen and oxygen atoms in total. The third-order valence-corrected chi connectivity index (χ3v) is 5.41. The predicted molar refractivity (Wildman–Crippen MR) is 100 cm³/mol. The summed E-state index contributed by atoms with van der Waals surface area (Å²) in [5.41, 5.74) is 1.28. The van der Waals surface area contributed by atoms with E-state index in [-0.39, 0.29) is 18.3 Å². The molecule has 2 aromatic carbocycles. The monoisotopic (exact) mass is 384 g/mol. The topological polar surface area (TPSA) is 40.6 Å². The minimum atomic E-state index is -1.31. The maximum Gasteiger partial charge on any atom is 0.232 e. The van der Waals surface area contributed by atoms with E-state index in [0.717, 1.165) is 0 Å². The highest BCUT2D eigenvalue weighted by molar-refractivity contribution is 7.85. The zero-order valence-electron chi connectivity index (χ0n) is 13.4. The second-order valence-corrected chi connectivity index (χ2v) is 7.48. The molecule has 1 aliphatic heterocycles. The quantitative estimate of drug-likeness (QED) is 0.806. The molecule has 1 atom stereocenters. The van der Waals surface area contributed by atoms with E-state index in [1.54, 1.807) is 29.2 Å². The fourth-order valence-electron chi connectivity index (χ4n) is 2.57. The summed E-state index contributed by atoms with van der Waals surface area (Å²) in [5.74, 6) is -0.0358. The summed E-state index contributed by atoms with van der Waals surface area (Å²) in [6, 6.07) is 12.4. The Balaban J connectivity index is 0.00000208. The van der Waals surface area contributed by atoms with E-state index in [0.29, 0.717) is 39.2 Å². The first-order valence-corrected chi connectivity index (χ1v) is 8.80. The van der Waals surface area contributed by atoms with Crippen molar-refractivity contribution in [2.45, 2.75) is 16.2 Å². The Labute approximate surface area is 155 Å². The van der Waals surface area contributed by atoms with Gasteiger partial charge in [0.05, 0.1) is 32.0 Å². The van der Waals surface area contributed by atoms with Crippen LogP contribution in [0.4, 0.5) is 11.4 Å². The standard InChI is InChI=1S/C17H17ClN2O2S.ClH/c1-19(2)10-9-17(21)20-13-5-3-4-6-15(13)23(22)16-8-7-12(18)11-14(16)20;/h3-8,11H,9-10H2,1-2H3;1H. The average molecular weight is 385 g/mol. The summed E-state index contributed by atoms with van der Waals surface area (Å²) < 4.78 is 12.8. The largest absolute Gasteiger partial charge is 0.309 e. The van der Waals surface area contributed by atoms with E-state index in [9.17, 15) is 9.00 Å². The number of carbonyl (C=O) groups excluding carboxylic acids is 1. The Morgan fingerprint density at radius 1 is 1.12 bits per heavy atom. The van der Waals surface area contributed by atoms with Gasteiger partial charge in [-0.25, -0.2) is 4.21 Å². The van der Waals surface area contributed by atoms with Gasteiger partial charge in [-0.2, -0.15) is 0 Å². The number of rotatable bonds is 3. The van der Waals surface area contributed by atoms with Gasteiger partial charge in [0.15, 0.2) is 0 Å². The Morgan fingerprint density at radius 2 is 1.79 bits per heavy atom. The van der Waals surface area contributed by atoms with Crippen LogP contribution in [0.1, 0.15) is 6.42 Å². The molecule has 0 saturated heterocycles. The molecule has 3 rings (SSSR count). The second-order valence-electron chi connectivity index (χ2n) is 5.63. The van der Waals surface area contributed by atoms with Gasteiger partial charge < -0.3 is 4.90 Å². The molecule has 128 valence electrons. The van der Waals surface area contributed by atoms with Gasteiger partial charge in [0.25, 0.3) is 0 Å². The maximum absolute atomic E-state index is 12.8. The van der Waals surface area contributed by atoms with Gasteiger partial charge in [-0.1, -0.05) is 23.7 Å². The van der Waals surface area contributed by atoms with Crippen LogP contribution in [0.5, 0.6) is 0 Å². The zero-order chi connectivity index (χ0) is 16.6. The van der Waals surface area contributed by atoms with Gasteiger partial charge in [-0.05, 0) is 44.4 Å². The summed E-state index contributed by atoms with van der Waals surface area (Å²) in [7, 11) is 2.54. The van der Waals surface area contributed by atoms with Gasteiger partial charge in [0.1, 0.15) is 0 Å². The van der Waals surface area contributed by atoms with E-state index in [1.165, 1.54) is 0 Å². The molecule has 1 heterocycles. The van der Waals surface area contributed by atoms with Gasteiger partial charge in [0, 0.05) is 18.0 Å². The van der Waals surface area contributed by atoms with Crippen LogP contribution in [0.2, 0.25) is 5.02 Å². The lowest BCUT2D eigenvalue weighted by atomic mass is 10.2. The lowest BCUT2D eigenvalue weighted by Gasteiger charge is -2.31. The van der Waals surface area contributed by atoms with Crippen LogP contribution in [0.3, 0.4) is 0 Å². The molecule has 0 saturated carbocycles. The van der Waals surface area contributed by atoms with E-state index >= 15 is 0 Å². The van der Waals surface area contributed by atoms with Crippen molar-refractivity contribution >= 4 is 52.1 Å². The molecule has 24 heavy (non-hydrogen) atoms. The molecule has 0 aliphatic carbocycles. The summed E-state index contributed by atoms with van der Waals surface area (Å²) in [6.45, 7) is 0.649. The fourth-order valence-corrected chi connectivity index (χ4v) is 4.06. The molecule has 0 fully saturated rings. The molecular formula is C17H18Cl2N2O2S. The van der Waals surface area contributed by atoms with E-state index in [4.69, 9.17) is 11.6 Å². The molecule has 0 N–H and O–H groups in total. The Kier molecular flexibility index (Phi) is 6.04. The summed E-state index contributed by atoms with van der Waals surface area (Å²) in [4.78, 5) is 17.7. The molecule has 2 aromatic rings. The second kappa shape index (κ2) is 7.66. The van der Waals surface area contributed by atoms with E-state index in [2.05, 4.69) is 0 Å². The van der Waals surface area contributed by atoms with Gasteiger partial charge in [-0.15, -0.1) is 12.4 Å². The highest BCUT2D eigenvalue weighted by atomic mass is 35.5. The minimum absolute atomic E-state index is 0. The summed E-state index contributed by atoms with van der Waals surface area (Å²) >= 11 is 6.10. The van der Waals surface area contributed by atoms with Crippen molar-refractivity contribution < 1.29 is 9.00 Å². The van der Waals surface area contributed by atoms with Crippen LogP contribution in [0.25, 0.3) is 0 Å². The van der Waals surface area contributed by atoms with Crippen molar-refractivity contribution in [3.05, 3.63) is 47.5 Å². The molecule has 1 unspecified atom stereocenters. The molecule has 0 radical (unpaired) electrons. The first-order chi connectivity index (χ1) is 11.0. The van der Waals surface area contributed by atoms with Crippen LogP contribution in [0, 0.1) is 0 Å². The van der Waals surface area contributed by atoms with Crippen LogP contribution < -0.4 is 4.90 Å².